The molecule has 3 heteroatoms. The number of amides is 1. The van der Waals surface area contributed by atoms with Crippen molar-refractivity contribution < 1.29 is 9.53 Å². The van der Waals surface area contributed by atoms with Crippen molar-refractivity contribution in [3.8, 4) is 0 Å². The molecule has 2 aliphatic rings. The second-order valence-electron chi connectivity index (χ2n) is 3.31. The van der Waals surface area contributed by atoms with E-state index >= 15 is 0 Å². The molecule has 0 N–H and O–H groups in total. The van der Waals surface area contributed by atoms with Gasteiger partial charge in [0.05, 0.1) is 0 Å². The topological polar surface area (TPSA) is 38.7 Å². The highest BCUT2D eigenvalue weighted by Crippen LogP contribution is 2.39. The Morgan fingerprint density at radius 2 is 2.14 bits per heavy atom. The van der Waals surface area contributed by atoms with Crippen LogP contribution in [0.5, 0.6) is 0 Å². The van der Waals surface area contributed by atoms with Crippen molar-refractivity contribution >= 4 is 18.4 Å². The normalized spacial score (nSPS) is 27.0. The van der Waals surface area contributed by atoms with Crippen LogP contribution in [-0.4, -0.2) is 12.3 Å². The summed E-state index contributed by atoms with van der Waals surface area (Å²) in [4.78, 5) is 15.2. The zero-order valence-electron chi connectivity index (χ0n) is 7.31. The molecular formula is C11H7NO2. The quantitative estimate of drug-likeness (QED) is 0.614. The summed E-state index contributed by atoms with van der Waals surface area (Å²) in [7, 11) is 0. The first-order chi connectivity index (χ1) is 6.83. The van der Waals surface area contributed by atoms with Crippen LogP contribution in [-0.2, 0) is 15.1 Å². The second-order valence-corrected chi connectivity index (χ2v) is 3.31. The van der Waals surface area contributed by atoms with E-state index < -0.39 is 5.60 Å². The van der Waals surface area contributed by atoms with Crippen molar-refractivity contribution in [1.82, 2.24) is 0 Å². The largest absolute Gasteiger partial charge is 0.458 e. The van der Waals surface area contributed by atoms with E-state index in [4.69, 9.17) is 4.74 Å². The minimum absolute atomic E-state index is 0.251. The first-order valence-electron chi connectivity index (χ1n) is 4.36. The molecule has 1 atom stereocenters. The summed E-state index contributed by atoms with van der Waals surface area (Å²) in [5, 5.41) is 0. The highest BCUT2D eigenvalue weighted by atomic mass is 16.5. The van der Waals surface area contributed by atoms with Gasteiger partial charge in [0, 0.05) is 5.56 Å². The molecule has 1 unspecified atom stereocenters. The van der Waals surface area contributed by atoms with Gasteiger partial charge >= 0.3 is 5.91 Å². The summed E-state index contributed by atoms with van der Waals surface area (Å²) in [6.45, 7) is 0. The Balaban J connectivity index is 2.23. The van der Waals surface area contributed by atoms with Crippen molar-refractivity contribution in [3.05, 3.63) is 41.5 Å². The van der Waals surface area contributed by atoms with E-state index in [1.807, 2.05) is 30.3 Å². The molecule has 1 aromatic carbocycles. The standard InChI is InChI=1S/C11H7NO2/c13-10-11(14-7-12-10)6-5-8-3-1-2-4-9(8)11/h1-7H. The predicted molar refractivity (Wildman–Crippen MR) is 51.7 cm³/mol. The van der Waals surface area contributed by atoms with E-state index in [1.165, 1.54) is 6.40 Å². The van der Waals surface area contributed by atoms with Crippen LogP contribution in [0.15, 0.2) is 35.3 Å². The molecular weight excluding hydrogens is 178 g/mol. The van der Waals surface area contributed by atoms with Crippen LogP contribution >= 0.6 is 0 Å². The van der Waals surface area contributed by atoms with Crippen LogP contribution in [0.4, 0.5) is 0 Å². The average Bonchev–Trinajstić information content (AvgIpc) is 2.76. The molecule has 1 aromatic rings. The highest BCUT2D eigenvalue weighted by molar-refractivity contribution is 6.00. The molecule has 1 aliphatic carbocycles. The van der Waals surface area contributed by atoms with Crippen molar-refractivity contribution in [3.63, 3.8) is 0 Å². The fraction of sp³-hybridized carbons (Fsp3) is 0.0909. The van der Waals surface area contributed by atoms with Gasteiger partial charge in [-0.1, -0.05) is 30.3 Å². The summed E-state index contributed by atoms with van der Waals surface area (Å²) in [6.07, 6.45) is 4.86. The van der Waals surface area contributed by atoms with Crippen molar-refractivity contribution in [1.29, 1.82) is 0 Å². The number of aliphatic imine (C=N–C) groups is 1. The number of carbonyl (C=O) groups is 1. The van der Waals surface area contributed by atoms with Gasteiger partial charge in [-0.15, -0.1) is 0 Å². The van der Waals surface area contributed by atoms with Gasteiger partial charge in [-0.3, -0.25) is 4.79 Å². The Morgan fingerprint density at radius 3 is 2.93 bits per heavy atom. The number of hydrogen-bond donors (Lipinski definition) is 0. The van der Waals surface area contributed by atoms with Crippen LogP contribution in [0.25, 0.3) is 6.08 Å². The van der Waals surface area contributed by atoms with Crippen LogP contribution in [0.2, 0.25) is 0 Å². The molecule has 0 radical (unpaired) electrons. The van der Waals surface area contributed by atoms with Crippen molar-refractivity contribution in [2.45, 2.75) is 5.60 Å². The number of benzene rings is 1. The van der Waals surface area contributed by atoms with E-state index in [2.05, 4.69) is 4.99 Å². The number of carbonyl (C=O) groups excluding carboxylic acids is 1. The summed E-state index contributed by atoms with van der Waals surface area (Å²) in [5.74, 6) is -0.251. The summed E-state index contributed by atoms with van der Waals surface area (Å²) in [6, 6.07) is 7.67. The third-order valence-electron chi connectivity index (χ3n) is 2.58. The Morgan fingerprint density at radius 1 is 1.29 bits per heavy atom. The lowest BCUT2D eigenvalue weighted by Crippen LogP contribution is -2.29. The van der Waals surface area contributed by atoms with Gasteiger partial charge in [-0.2, -0.15) is 4.99 Å². The van der Waals surface area contributed by atoms with Crippen molar-refractivity contribution in [2.24, 2.45) is 4.99 Å². The molecule has 0 fully saturated rings. The fourth-order valence-corrected chi connectivity index (χ4v) is 1.87. The Hall–Kier alpha value is -1.90. The molecule has 3 nitrogen and oxygen atoms in total. The molecule has 0 aromatic heterocycles. The van der Waals surface area contributed by atoms with E-state index in [-0.39, 0.29) is 5.91 Å². The smallest absolute Gasteiger partial charge is 0.301 e. The highest BCUT2D eigenvalue weighted by Gasteiger charge is 2.46. The maximum Gasteiger partial charge on any atom is 0.301 e. The number of nitrogens with zero attached hydrogens (tertiary/aromatic N) is 1. The number of rotatable bonds is 0. The summed E-state index contributed by atoms with van der Waals surface area (Å²) >= 11 is 0. The molecule has 1 spiro atoms. The lowest BCUT2D eigenvalue weighted by atomic mass is 9.95. The molecule has 1 aliphatic heterocycles. The molecule has 1 heterocycles. The van der Waals surface area contributed by atoms with Crippen LogP contribution < -0.4 is 0 Å². The van der Waals surface area contributed by atoms with Gasteiger partial charge in [-0.05, 0) is 11.6 Å². The van der Waals surface area contributed by atoms with Gasteiger partial charge in [-0.25, -0.2) is 0 Å². The van der Waals surface area contributed by atoms with Crippen LogP contribution in [0, 0.1) is 0 Å². The number of fused-ring (bicyclic) bond motifs is 2. The van der Waals surface area contributed by atoms with Gasteiger partial charge in [0.25, 0.3) is 0 Å². The number of hydrogen-bond acceptors (Lipinski definition) is 2. The van der Waals surface area contributed by atoms with Crippen LogP contribution in [0.3, 0.4) is 0 Å². The Kier molecular flexibility index (Phi) is 1.24. The molecule has 0 saturated carbocycles. The predicted octanol–water partition coefficient (Wildman–Crippen LogP) is 1.49. The van der Waals surface area contributed by atoms with Gasteiger partial charge in [0.2, 0.25) is 5.60 Å². The SMILES string of the molecule is O=C1N=COC12C=Cc1ccccc12. The first-order valence-corrected chi connectivity index (χ1v) is 4.36. The van der Waals surface area contributed by atoms with Gasteiger partial charge < -0.3 is 4.74 Å². The Labute approximate surface area is 80.7 Å². The van der Waals surface area contributed by atoms with E-state index in [0.29, 0.717) is 0 Å². The third kappa shape index (κ3) is 0.719. The van der Waals surface area contributed by atoms with E-state index in [1.54, 1.807) is 6.08 Å². The zero-order valence-corrected chi connectivity index (χ0v) is 7.31. The van der Waals surface area contributed by atoms with Gasteiger partial charge in [0.1, 0.15) is 0 Å². The summed E-state index contributed by atoms with van der Waals surface area (Å²) in [5.41, 5.74) is 0.935. The molecule has 3 rings (SSSR count). The maximum absolute atomic E-state index is 11.6. The van der Waals surface area contributed by atoms with E-state index in [9.17, 15) is 4.79 Å². The third-order valence-corrected chi connectivity index (χ3v) is 2.58. The van der Waals surface area contributed by atoms with E-state index in [0.717, 1.165) is 11.1 Å². The lowest BCUT2D eigenvalue weighted by molar-refractivity contribution is -0.127. The molecule has 0 saturated heterocycles. The fourth-order valence-electron chi connectivity index (χ4n) is 1.87. The second kappa shape index (κ2) is 2.32. The lowest BCUT2D eigenvalue weighted by Gasteiger charge is -2.18. The average molecular weight is 185 g/mol. The maximum atomic E-state index is 11.6. The molecule has 68 valence electrons. The molecule has 0 bridgehead atoms. The minimum atomic E-state index is -0.962. The minimum Gasteiger partial charge on any atom is -0.458 e. The van der Waals surface area contributed by atoms with Crippen molar-refractivity contribution in [2.75, 3.05) is 0 Å². The summed E-state index contributed by atoms with van der Waals surface area (Å²) < 4.78 is 5.31. The monoisotopic (exact) mass is 185 g/mol. The van der Waals surface area contributed by atoms with Crippen LogP contribution in [0.1, 0.15) is 11.1 Å². The first kappa shape index (κ1) is 7.50. The van der Waals surface area contributed by atoms with Gasteiger partial charge in [0.15, 0.2) is 6.40 Å². The molecule has 1 amide bonds. The zero-order chi connectivity index (χ0) is 9.60. The molecule has 14 heavy (non-hydrogen) atoms. The number of ether oxygens (including phenoxy) is 1. The Bertz CT molecular complexity index is 476.